The standard InChI is InChI=1S/C9H18O6/c1-3-14-9-8(12)7(11)6(10)5(15-9)4-13-2/h5-12H,3-4H2,1-2H3/t5-,6-,7+,8-,9-/m0/s1. The van der Waals surface area contributed by atoms with E-state index in [9.17, 15) is 15.3 Å². The molecule has 1 saturated heterocycles. The molecule has 0 aromatic carbocycles. The van der Waals surface area contributed by atoms with Crippen LogP contribution in [0.1, 0.15) is 6.92 Å². The van der Waals surface area contributed by atoms with Crippen molar-refractivity contribution in [2.75, 3.05) is 20.3 Å². The first-order valence-corrected chi connectivity index (χ1v) is 4.92. The predicted molar refractivity (Wildman–Crippen MR) is 50.2 cm³/mol. The van der Waals surface area contributed by atoms with Gasteiger partial charge in [-0.25, -0.2) is 0 Å². The van der Waals surface area contributed by atoms with Gasteiger partial charge in [0.15, 0.2) is 6.29 Å². The molecule has 0 aliphatic carbocycles. The maximum absolute atomic E-state index is 9.55. The van der Waals surface area contributed by atoms with Gasteiger partial charge in [0.25, 0.3) is 0 Å². The third-order valence-electron chi connectivity index (χ3n) is 2.33. The smallest absolute Gasteiger partial charge is 0.186 e. The van der Waals surface area contributed by atoms with Crippen molar-refractivity contribution in [3.63, 3.8) is 0 Å². The van der Waals surface area contributed by atoms with Gasteiger partial charge in [0.2, 0.25) is 0 Å². The second kappa shape index (κ2) is 5.74. The summed E-state index contributed by atoms with van der Waals surface area (Å²) < 4.78 is 15.2. The fourth-order valence-corrected chi connectivity index (χ4v) is 1.52. The Labute approximate surface area is 88.4 Å². The normalized spacial score (nSPS) is 41.8. The number of aliphatic hydroxyl groups excluding tert-OH is 3. The van der Waals surface area contributed by atoms with E-state index in [-0.39, 0.29) is 6.61 Å². The number of rotatable bonds is 4. The van der Waals surface area contributed by atoms with Crippen LogP contribution >= 0.6 is 0 Å². The van der Waals surface area contributed by atoms with E-state index < -0.39 is 30.7 Å². The fraction of sp³-hybridized carbons (Fsp3) is 1.00. The highest BCUT2D eigenvalue weighted by Gasteiger charge is 2.43. The lowest BCUT2D eigenvalue weighted by atomic mass is 9.99. The topological polar surface area (TPSA) is 88.4 Å². The zero-order valence-corrected chi connectivity index (χ0v) is 8.87. The second-order valence-electron chi connectivity index (χ2n) is 3.43. The molecule has 0 aromatic rings. The van der Waals surface area contributed by atoms with Crippen LogP contribution in [-0.2, 0) is 14.2 Å². The van der Waals surface area contributed by atoms with Gasteiger partial charge in [-0.2, -0.15) is 0 Å². The van der Waals surface area contributed by atoms with Gasteiger partial charge in [-0.3, -0.25) is 0 Å². The first kappa shape index (κ1) is 12.8. The molecule has 1 aliphatic rings. The first-order chi connectivity index (χ1) is 7.11. The largest absolute Gasteiger partial charge is 0.387 e. The van der Waals surface area contributed by atoms with Crippen molar-refractivity contribution >= 4 is 0 Å². The SMILES string of the molecule is CCO[C@H]1O[C@@H](COC)[C@H](O)[C@@H](O)[C@@H]1O. The number of methoxy groups -OCH3 is 1. The first-order valence-electron chi connectivity index (χ1n) is 4.92. The van der Waals surface area contributed by atoms with Crippen LogP contribution in [0, 0.1) is 0 Å². The van der Waals surface area contributed by atoms with Crippen molar-refractivity contribution < 1.29 is 29.5 Å². The van der Waals surface area contributed by atoms with Crippen LogP contribution in [0.15, 0.2) is 0 Å². The Balaban J connectivity index is 2.62. The van der Waals surface area contributed by atoms with Crippen LogP contribution in [0.4, 0.5) is 0 Å². The minimum atomic E-state index is -1.28. The molecule has 0 spiro atoms. The molecule has 90 valence electrons. The number of hydrogen-bond acceptors (Lipinski definition) is 6. The summed E-state index contributed by atoms with van der Waals surface area (Å²) in [6.45, 7) is 2.23. The molecule has 5 atom stereocenters. The van der Waals surface area contributed by atoms with Crippen molar-refractivity contribution in [3.8, 4) is 0 Å². The Bertz CT molecular complexity index is 169. The Morgan fingerprint density at radius 3 is 2.33 bits per heavy atom. The summed E-state index contributed by atoms with van der Waals surface area (Å²) in [7, 11) is 1.46. The van der Waals surface area contributed by atoms with E-state index in [1.807, 2.05) is 0 Å². The highest BCUT2D eigenvalue weighted by molar-refractivity contribution is 4.88. The van der Waals surface area contributed by atoms with Crippen molar-refractivity contribution in [1.82, 2.24) is 0 Å². The monoisotopic (exact) mass is 222 g/mol. The molecule has 1 heterocycles. The van der Waals surface area contributed by atoms with Crippen LogP contribution in [0.2, 0.25) is 0 Å². The van der Waals surface area contributed by atoms with Gasteiger partial charge in [0.1, 0.15) is 24.4 Å². The predicted octanol–water partition coefficient (Wildman–Crippen LogP) is -1.52. The summed E-state index contributed by atoms with van der Waals surface area (Å²) in [5.74, 6) is 0. The van der Waals surface area contributed by atoms with Crippen molar-refractivity contribution in [2.24, 2.45) is 0 Å². The fourth-order valence-electron chi connectivity index (χ4n) is 1.52. The van der Waals surface area contributed by atoms with Crippen LogP contribution in [0.3, 0.4) is 0 Å². The lowest BCUT2D eigenvalue weighted by molar-refractivity contribution is -0.300. The van der Waals surface area contributed by atoms with Gasteiger partial charge in [0.05, 0.1) is 6.61 Å². The van der Waals surface area contributed by atoms with Crippen LogP contribution in [0.25, 0.3) is 0 Å². The molecule has 1 fully saturated rings. The molecule has 6 heteroatoms. The number of ether oxygens (including phenoxy) is 3. The third kappa shape index (κ3) is 2.87. The Kier molecular flexibility index (Phi) is 4.91. The molecule has 6 nitrogen and oxygen atoms in total. The Morgan fingerprint density at radius 1 is 1.13 bits per heavy atom. The molecular formula is C9H18O6. The van der Waals surface area contributed by atoms with Crippen LogP contribution in [-0.4, -0.2) is 66.3 Å². The van der Waals surface area contributed by atoms with E-state index in [4.69, 9.17) is 14.2 Å². The van der Waals surface area contributed by atoms with E-state index in [0.717, 1.165) is 0 Å². The zero-order valence-electron chi connectivity index (χ0n) is 8.87. The van der Waals surface area contributed by atoms with Gasteiger partial charge in [0, 0.05) is 13.7 Å². The summed E-state index contributed by atoms with van der Waals surface area (Å²) >= 11 is 0. The average Bonchev–Trinajstić information content (AvgIpc) is 2.22. The number of hydrogen-bond donors (Lipinski definition) is 3. The van der Waals surface area contributed by atoms with Gasteiger partial charge < -0.3 is 29.5 Å². The minimum Gasteiger partial charge on any atom is -0.387 e. The summed E-state index contributed by atoms with van der Waals surface area (Å²) in [4.78, 5) is 0. The van der Waals surface area contributed by atoms with Crippen LogP contribution < -0.4 is 0 Å². The maximum atomic E-state index is 9.55. The molecule has 0 amide bonds. The lowest BCUT2D eigenvalue weighted by Crippen LogP contribution is -2.59. The Hall–Kier alpha value is -0.240. The summed E-state index contributed by atoms with van der Waals surface area (Å²) in [5.41, 5.74) is 0. The van der Waals surface area contributed by atoms with Crippen LogP contribution in [0.5, 0.6) is 0 Å². The Morgan fingerprint density at radius 2 is 1.80 bits per heavy atom. The third-order valence-corrected chi connectivity index (χ3v) is 2.33. The molecule has 0 bridgehead atoms. The van der Waals surface area contributed by atoms with E-state index >= 15 is 0 Å². The average molecular weight is 222 g/mol. The van der Waals surface area contributed by atoms with Crippen molar-refractivity contribution in [3.05, 3.63) is 0 Å². The molecule has 0 unspecified atom stereocenters. The van der Waals surface area contributed by atoms with Gasteiger partial charge >= 0.3 is 0 Å². The molecule has 0 aromatic heterocycles. The highest BCUT2D eigenvalue weighted by atomic mass is 16.7. The molecule has 3 N–H and O–H groups in total. The highest BCUT2D eigenvalue weighted by Crippen LogP contribution is 2.22. The minimum absolute atomic E-state index is 0.133. The van der Waals surface area contributed by atoms with Gasteiger partial charge in [-0.1, -0.05) is 0 Å². The summed E-state index contributed by atoms with van der Waals surface area (Å²) in [6, 6.07) is 0. The summed E-state index contributed by atoms with van der Waals surface area (Å²) in [5, 5.41) is 28.6. The zero-order chi connectivity index (χ0) is 11.4. The summed E-state index contributed by atoms with van der Waals surface area (Å²) in [6.07, 6.45) is -5.31. The van der Waals surface area contributed by atoms with E-state index in [0.29, 0.717) is 6.61 Å². The molecule has 1 rings (SSSR count). The second-order valence-corrected chi connectivity index (χ2v) is 3.43. The number of aliphatic hydroxyl groups is 3. The molecule has 15 heavy (non-hydrogen) atoms. The molecule has 0 radical (unpaired) electrons. The van der Waals surface area contributed by atoms with Gasteiger partial charge in [-0.05, 0) is 6.92 Å². The maximum Gasteiger partial charge on any atom is 0.186 e. The van der Waals surface area contributed by atoms with E-state index in [1.165, 1.54) is 7.11 Å². The quantitative estimate of drug-likeness (QED) is 0.535. The molecule has 1 aliphatic heterocycles. The van der Waals surface area contributed by atoms with E-state index in [2.05, 4.69) is 0 Å². The molecule has 0 saturated carbocycles. The van der Waals surface area contributed by atoms with Gasteiger partial charge in [-0.15, -0.1) is 0 Å². The van der Waals surface area contributed by atoms with E-state index in [1.54, 1.807) is 6.92 Å². The molecular weight excluding hydrogens is 204 g/mol. The van der Waals surface area contributed by atoms with Crippen molar-refractivity contribution in [1.29, 1.82) is 0 Å². The lowest BCUT2D eigenvalue weighted by Gasteiger charge is -2.39. The van der Waals surface area contributed by atoms with Crippen molar-refractivity contribution in [2.45, 2.75) is 37.6 Å².